The number of benzene rings is 2. The molecule has 3 aromatic rings. The van der Waals surface area contributed by atoms with Crippen molar-refractivity contribution in [3.8, 4) is 22.4 Å². The summed E-state index contributed by atoms with van der Waals surface area (Å²) < 4.78 is 0. The first-order valence-electron chi connectivity index (χ1n) is 13.4. The fourth-order valence-electron chi connectivity index (χ4n) is 5.11. The van der Waals surface area contributed by atoms with E-state index < -0.39 is 0 Å². The fraction of sp³-hybridized carbons (Fsp3) is 0.303. The van der Waals surface area contributed by atoms with Gasteiger partial charge in [-0.1, -0.05) is 80.8 Å². The lowest BCUT2D eigenvalue weighted by molar-refractivity contribution is 0.244. The smallest absolute Gasteiger partial charge is 0.0748 e. The molecule has 37 heavy (non-hydrogen) atoms. The number of hydrogen-bond donors (Lipinski definition) is 2. The van der Waals surface area contributed by atoms with Gasteiger partial charge in [0.1, 0.15) is 0 Å². The van der Waals surface area contributed by atoms with E-state index in [1.807, 2.05) is 32.2 Å². The highest BCUT2D eigenvalue weighted by Crippen LogP contribution is 2.34. The SMILES string of the molecule is C=Cc1c(/C=C\C)nc(-c2ccc(-c3ccc(CCN4CCNCC4)cc3)cc2)c(CC)c1C(=C)NC. The van der Waals surface area contributed by atoms with Crippen LogP contribution in [0.2, 0.25) is 0 Å². The highest BCUT2D eigenvalue weighted by molar-refractivity contribution is 5.83. The van der Waals surface area contributed by atoms with Crippen LogP contribution in [0.3, 0.4) is 0 Å². The van der Waals surface area contributed by atoms with Gasteiger partial charge in [0, 0.05) is 62.2 Å². The number of piperazine rings is 1. The molecular weight excluding hydrogens is 452 g/mol. The number of nitrogens with zero attached hydrogens (tertiary/aromatic N) is 2. The molecule has 0 saturated carbocycles. The van der Waals surface area contributed by atoms with Crippen LogP contribution in [-0.2, 0) is 12.8 Å². The zero-order chi connectivity index (χ0) is 26.2. The van der Waals surface area contributed by atoms with Crippen LogP contribution in [0.4, 0.5) is 0 Å². The van der Waals surface area contributed by atoms with Gasteiger partial charge in [-0.3, -0.25) is 0 Å². The Morgan fingerprint density at radius 3 is 2.22 bits per heavy atom. The van der Waals surface area contributed by atoms with Gasteiger partial charge in [0.15, 0.2) is 0 Å². The van der Waals surface area contributed by atoms with Crippen LogP contribution >= 0.6 is 0 Å². The van der Waals surface area contributed by atoms with Crippen molar-refractivity contribution < 1.29 is 0 Å². The molecular formula is C33H40N4. The van der Waals surface area contributed by atoms with E-state index in [2.05, 4.69) is 84.1 Å². The minimum atomic E-state index is 0.854. The molecule has 1 aliphatic rings. The quantitative estimate of drug-likeness (QED) is 0.349. The minimum absolute atomic E-state index is 0.854. The van der Waals surface area contributed by atoms with Gasteiger partial charge in [-0.15, -0.1) is 0 Å². The topological polar surface area (TPSA) is 40.2 Å². The number of nitrogens with one attached hydrogen (secondary N) is 2. The standard InChI is InChI=1S/C33H40N4/c1-6-9-31-29(7-2)32(24(4)34-5)30(8-3)33(36-31)28-16-14-27(15-17-28)26-12-10-25(11-13-26)18-21-37-22-19-35-20-23-37/h6-7,9-17,34-35H,2,4,8,18-23H2,1,3,5H3/b9-6-. The molecule has 0 unspecified atom stereocenters. The van der Waals surface area contributed by atoms with E-state index in [-0.39, 0.29) is 0 Å². The van der Waals surface area contributed by atoms with Crippen molar-refractivity contribution in [2.24, 2.45) is 0 Å². The molecule has 0 aliphatic carbocycles. The maximum absolute atomic E-state index is 5.09. The monoisotopic (exact) mass is 492 g/mol. The molecule has 192 valence electrons. The third-order valence-corrected chi connectivity index (χ3v) is 7.22. The summed E-state index contributed by atoms with van der Waals surface area (Å²) in [6.07, 6.45) is 7.91. The highest BCUT2D eigenvalue weighted by atomic mass is 15.2. The van der Waals surface area contributed by atoms with Gasteiger partial charge >= 0.3 is 0 Å². The largest absolute Gasteiger partial charge is 0.388 e. The van der Waals surface area contributed by atoms with Crippen LogP contribution < -0.4 is 10.6 Å². The normalized spacial score (nSPS) is 14.1. The summed E-state index contributed by atoms with van der Waals surface area (Å²) in [5, 5.41) is 6.67. The molecule has 0 bridgehead atoms. The Labute approximate surface area is 222 Å². The van der Waals surface area contributed by atoms with Crippen LogP contribution in [0.5, 0.6) is 0 Å². The van der Waals surface area contributed by atoms with E-state index in [1.165, 1.54) is 22.3 Å². The van der Waals surface area contributed by atoms with Crippen molar-refractivity contribution in [2.45, 2.75) is 26.7 Å². The number of pyridine rings is 1. The maximum atomic E-state index is 5.09. The number of rotatable bonds is 10. The Morgan fingerprint density at radius 2 is 1.65 bits per heavy atom. The van der Waals surface area contributed by atoms with Crippen LogP contribution in [-0.4, -0.2) is 49.7 Å². The lowest BCUT2D eigenvalue weighted by Gasteiger charge is -2.27. The van der Waals surface area contributed by atoms with Crippen LogP contribution in [0, 0.1) is 0 Å². The zero-order valence-electron chi connectivity index (χ0n) is 22.6. The second-order valence-corrected chi connectivity index (χ2v) is 9.52. The Hall–Kier alpha value is -3.47. The average Bonchev–Trinajstić information content (AvgIpc) is 2.96. The maximum Gasteiger partial charge on any atom is 0.0748 e. The molecule has 2 heterocycles. The van der Waals surface area contributed by atoms with Crippen molar-refractivity contribution in [1.29, 1.82) is 0 Å². The molecule has 0 spiro atoms. The first kappa shape index (κ1) is 26.6. The van der Waals surface area contributed by atoms with Gasteiger partial charge in [0.25, 0.3) is 0 Å². The van der Waals surface area contributed by atoms with Crippen molar-refractivity contribution in [3.05, 3.63) is 95.7 Å². The number of hydrogen-bond acceptors (Lipinski definition) is 4. The summed E-state index contributed by atoms with van der Waals surface area (Å²) in [6.45, 7) is 18.2. The summed E-state index contributed by atoms with van der Waals surface area (Å²) in [6, 6.07) is 17.8. The van der Waals surface area contributed by atoms with Crippen molar-refractivity contribution in [3.63, 3.8) is 0 Å². The molecule has 2 aromatic carbocycles. The molecule has 4 rings (SSSR count). The third kappa shape index (κ3) is 6.10. The molecule has 1 saturated heterocycles. The summed E-state index contributed by atoms with van der Waals surface area (Å²) in [5.41, 5.74) is 11.1. The molecule has 4 nitrogen and oxygen atoms in total. The van der Waals surface area contributed by atoms with Crippen LogP contribution in [0.1, 0.15) is 41.8 Å². The zero-order valence-corrected chi connectivity index (χ0v) is 22.6. The predicted octanol–water partition coefficient (Wildman–Crippen LogP) is 6.29. The number of aromatic nitrogens is 1. The lowest BCUT2D eigenvalue weighted by Crippen LogP contribution is -2.44. The molecule has 0 atom stereocenters. The molecule has 4 heteroatoms. The summed E-state index contributed by atoms with van der Waals surface area (Å²) in [5.74, 6) is 0. The second-order valence-electron chi connectivity index (χ2n) is 9.52. The van der Waals surface area contributed by atoms with Gasteiger partial charge in [0.2, 0.25) is 0 Å². The van der Waals surface area contributed by atoms with Crippen molar-refractivity contribution in [2.75, 3.05) is 39.8 Å². The molecule has 2 N–H and O–H groups in total. The molecule has 1 aromatic heterocycles. The second kappa shape index (κ2) is 12.7. The Morgan fingerprint density at radius 1 is 1.03 bits per heavy atom. The summed E-state index contributed by atoms with van der Waals surface area (Å²) in [7, 11) is 1.91. The van der Waals surface area contributed by atoms with Crippen molar-refractivity contribution >= 4 is 17.8 Å². The van der Waals surface area contributed by atoms with E-state index in [4.69, 9.17) is 4.98 Å². The third-order valence-electron chi connectivity index (χ3n) is 7.22. The molecule has 1 fully saturated rings. The average molecular weight is 493 g/mol. The van der Waals surface area contributed by atoms with Crippen molar-refractivity contribution in [1.82, 2.24) is 20.5 Å². The first-order chi connectivity index (χ1) is 18.1. The highest BCUT2D eigenvalue weighted by Gasteiger charge is 2.19. The summed E-state index contributed by atoms with van der Waals surface area (Å²) >= 11 is 0. The van der Waals surface area contributed by atoms with Gasteiger partial charge < -0.3 is 15.5 Å². The number of allylic oxidation sites excluding steroid dienone is 1. The van der Waals surface area contributed by atoms with E-state index in [9.17, 15) is 0 Å². The molecule has 1 aliphatic heterocycles. The summed E-state index contributed by atoms with van der Waals surface area (Å²) in [4.78, 5) is 7.63. The van der Waals surface area contributed by atoms with Crippen LogP contribution in [0.15, 0.2) is 67.8 Å². The Kier molecular flexibility index (Phi) is 9.10. The minimum Gasteiger partial charge on any atom is -0.388 e. The van der Waals surface area contributed by atoms with Gasteiger partial charge in [-0.05, 0) is 48.1 Å². The Balaban J connectivity index is 1.60. The first-order valence-corrected chi connectivity index (χ1v) is 13.4. The predicted molar refractivity (Wildman–Crippen MR) is 160 cm³/mol. The lowest BCUT2D eigenvalue weighted by atomic mass is 9.91. The Bertz CT molecular complexity index is 1250. The van der Waals surface area contributed by atoms with Gasteiger partial charge in [0.05, 0.1) is 11.4 Å². The van der Waals surface area contributed by atoms with E-state index >= 15 is 0 Å². The van der Waals surface area contributed by atoms with Gasteiger partial charge in [-0.25, -0.2) is 4.98 Å². The fourth-order valence-corrected chi connectivity index (χ4v) is 5.11. The van der Waals surface area contributed by atoms with Gasteiger partial charge in [-0.2, -0.15) is 0 Å². The van der Waals surface area contributed by atoms with Crippen LogP contribution in [0.25, 0.3) is 40.2 Å². The molecule has 0 radical (unpaired) electrons. The van der Waals surface area contributed by atoms with E-state index in [0.717, 1.165) is 79.3 Å². The van der Waals surface area contributed by atoms with E-state index in [0.29, 0.717) is 0 Å². The molecule has 0 amide bonds. The van der Waals surface area contributed by atoms with E-state index in [1.54, 1.807) is 0 Å².